The standard InChI is InChI=1S/BrH.ClH.K.Na/h2*1H;;/q;;2*+1/p-2. The Morgan fingerprint density at radius 2 is 1.00 bits per heavy atom. The van der Waals surface area contributed by atoms with Crippen LogP contribution in [0, 0.1) is 0 Å². The van der Waals surface area contributed by atoms with Crippen molar-refractivity contribution in [3.05, 3.63) is 0 Å². The molecule has 0 rings (SSSR count). The van der Waals surface area contributed by atoms with Gasteiger partial charge in [-0.3, -0.25) is 0 Å². The quantitative estimate of drug-likeness (QED) is 0.323. The zero-order valence-electron chi connectivity index (χ0n) is 2.76. The van der Waals surface area contributed by atoms with Crippen molar-refractivity contribution in [2.45, 2.75) is 0 Å². The first-order valence-electron chi connectivity index (χ1n) is 0. The minimum Gasteiger partial charge on any atom is -1.00 e. The fourth-order valence-electron chi connectivity index (χ4n) is 0. The summed E-state index contributed by atoms with van der Waals surface area (Å²) in [5, 5.41) is 0. The molecule has 0 radical (unpaired) electrons. The van der Waals surface area contributed by atoms with Crippen LogP contribution in [0.15, 0.2) is 0 Å². The van der Waals surface area contributed by atoms with Crippen molar-refractivity contribution in [2.75, 3.05) is 0 Å². The molecule has 0 N–H and O–H groups in total. The summed E-state index contributed by atoms with van der Waals surface area (Å²) in [6.07, 6.45) is 0. The van der Waals surface area contributed by atoms with Gasteiger partial charge in [-0.1, -0.05) is 0 Å². The van der Waals surface area contributed by atoms with E-state index in [4.69, 9.17) is 0 Å². The van der Waals surface area contributed by atoms with Gasteiger partial charge in [0.2, 0.25) is 0 Å². The molecular formula is BrClKNa. The van der Waals surface area contributed by atoms with Crippen molar-refractivity contribution in [2.24, 2.45) is 0 Å². The average Bonchev–Trinajstić information content (AvgIpc) is 0. The zero-order chi connectivity index (χ0) is 0. The van der Waals surface area contributed by atoms with Crippen molar-refractivity contribution in [3.63, 3.8) is 0 Å². The fourth-order valence-corrected chi connectivity index (χ4v) is 0. The van der Waals surface area contributed by atoms with Gasteiger partial charge in [-0.15, -0.1) is 0 Å². The van der Waals surface area contributed by atoms with E-state index in [1.807, 2.05) is 0 Å². The molecular weight excluding hydrogens is 177 g/mol. The molecule has 0 amide bonds. The van der Waals surface area contributed by atoms with Gasteiger partial charge in [0.05, 0.1) is 0 Å². The molecule has 4 heavy (non-hydrogen) atoms. The van der Waals surface area contributed by atoms with E-state index in [1.165, 1.54) is 0 Å². The van der Waals surface area contributed by atoms with E-state index in [-0.39, 0.29) is 110 Å². The van der Waals surface area contributed by atoms with Crippen molar-refractivity contribution < 1.29 is 110 Å². The van der Waals surface area contributed by atoms with Crippen LogP contribution in [-0.2, 0) is 0 Å². The minimum absolute atomic E-state index is 0. The molecule has 0 heterocycles. The smallest absolute Gasteiger partial charge is 1.00 e. The van der Waals surface area contributed by atoms with Gasteiger partial charge in [0.1, 0.15) is 0 Å². The Morgan fingerprint density at radius 3 is 1.00 bits per heavy atom. The molecule has 4 heteroatoms. The van der Waals surface area contributed by atoms with E-state index in [0.717, 1.165) is 0 Å². The van der Waals surface area contributed by atoms with Crippen LogP contribution >= 0.6 is 0 Å². The van der Waals surface area contributed by atoms with Crippen molar-refractivity contribution in [1.29, 1.82) is 0 Å². The number of halogens is 2. The SMILES string of the molecule is [Br-].[Cl-].[K+].[Na+]. The number of hydrogen-bond donors (Lipinski definition) is 0. The van der Waals surface area contributed by atoms with Crippen LogP contribution in [0.4, 0.5) is 0 Å². The number of hydrogen-bond acceptors (Lipinski definition) is 0. The molecule has 0 saturated heterocycles. The third-order valence-electron chi connectivity index (χ3n) is 0. The van der Waals surface area contributed by atoms with Gasteiger partial charge >= 0.3 is 80.9 Å². The summed E-state index contributed by atoms with van der Waals surface area (Å²) in [5.74, 6) is 0. The van der Waals surface area contributed by atoms with E-state index in [9.17, 15) is 0 Å². The molecule has 0 aliphatic heterocycles. The largest absolute Gasteiger partial charge is 1.00 e. The molecule has 0 bridgehead atoms. The summed E-state index contributed by atoms with van der Waals surface area (Å²) in [6.45, 7) is 0. The molecule has 0 spiro atoms. The Bertz CT molecular complexity index is 8.00. The van der Waals surface area contributed by atoms with Crippen molar-refractivity contribution >= 4 is 0 Å². The molecule has 0 aliphatic rings. The Balaban J connectivity index is 0. The van der Waals surface area contributed by atoms with Crippen LogP contribution < -0.4 is 110 Å². The third-order valence-corrected chi connectivity index (χ3v) is 0. The predicted octanol–water partition coefficient (Wildman–Crippen LogP) is -12.0. The normalized spacial score (nSPS) is 0. The van der Waals surface area contributed by atoms with Crippen LogP contribution in [-0.4, -0.2) is 0 Å². The van der Waals surface area contributed by atoms with Crippen molar-refractivity contribution in [1.82, 2.24) is 0 Å². The van der Waals surface area contributed by atoms with E-state index in [2.05, 4.69) is 0 Å². The van der Waals surface area contributed by atoms with Crippen LogP contribution in [0.2, 0.25) is 0 Å². The first-order chi connectivity index (χ1) is 0. The minimum atomic E-state index is 0. The van der Waals surface area contributed by atoms with Crippen LogP contribution in [0.5, 0.6) is 0 Å². The fraction of sp³-hybridized carbons (Fsp3) is 0. The van der Waals surface area contributed by atoms with Crippen molar-refractivity contribution in [3.8, 4) is 0 Å². The summed E-state index contributed by atoms with van der Waals surface area (Å²) in [5.41, 5.74) is 0. The Morgan fingerprint density at radius 1 is 1.00 bits per heavy atom. The Labute approximate surface area is 107 Å². The molecule has 0 atom stereocenters. The van der Waals surface area contributed by atoms with Gasteiger partial charge in [-0.2, -0.15) is 0 Å². The first-order valence-corrected chi connectivity index (χ1v) is 0. The molecule has 0 nitrogen and oxygen atoms in total. The maximum Gasteiger partial charge on any atom is 1.00 e. The molecule has 0 aliphatic carbocycles. The summed E-state index contributed by atoms with van der Waals surface area (Å²) < 4.78 is 0. The van der Waals surface area contributed by atoms with Crippen LogP contribution in [0.1, 0.15) is 0 Å². The van der Waals surface area contributed by atoms with Crippen LogP contribution in [0.3, 0.4) is 0 Å². The van der Waals surface area contributed by atoms with Gasteiger partial charge in [-0.05, 0) is 0 Å². The van der Waals surface area contributed by atoms with E-state index in [1.54, 1.807) is 0 Å². The Kier molecular flexibility index (Phi) is 106. The Hall–Kier alpha value is 3.41. The second-order valence-electron chi connectivity index (χ2n) is 0. The summed E-state index contributed by atoms with van der Waals surface area (Å²) in [6, 6.07) is 0. The van der Waals surface area contributed by atoms with Gasteiger partial charge in [0.25, 0.3) is 0 Å². The van der Waals surface area contributed by atoms with Gasteiger partial charge in [0, 0.05) is 0 Å². The maximum atomic E-state index is 0. The molecule has 0 aromatic heterocycles. The maximum absolute atomic E-state index is 0. The topological polar surface area (TPSA) is 0 Å². The molecule has 0 fully saturated rings. The molecule has 0 aromatic carbocycles. The monoisotopic (exact) mass is 176 g/mol. The average molecular weight is 177 g/mol. The predicted molar refractivity (Wildman–Crippen MR) is 0 cm³/mol. The second kappa shape index (κ2) is 16.1. The summed E-state index contributed by atoms with van der Waals surface area (Å²) in [7, 11) is 0. The zero-order valence-corrected chi connectivity index (χ0v) is 10.2. The number of rotatable bonds is 0. The van der Waals surface area contributed by atoms with E-state index >= 15 is 0 Å². The van der Waals surface area contributed by atoms with Crippen LogP contribution in [0.25, 0.3) is 0 Å². The molecule has 0 unspecified atom stereocenters. The van der Waals surface area contributed by atoms with E-state index < -0.39 is 0 Å². The third kappa shape index (κ3) is 9.05. The molecule has 0 saturated carbocycles. The summed E-state index contributed by atoms with van der Waals surface area (Å²) in [4.78, 5) is 0. The van der Waals surface area contributed by atoms with Gasteiger partial charge in [-0.25, -0.2) is 0 Å². The van der Waals surface area contributed by atoms with Gasteiger partial charge < -0.3 is 29.4 Å². The van der Waals surface area contributed by atoms with E-state index in [0.29, 0.717) is 0 Å². The first kappa shape index (κ1) is 26.2. The summed E-state index contributed by atoms with van der Waals surface area (Å²) >= 11 is 0. The molecule has 0 aromatic rings. The molecule has 16 valence electrons. The second-order valence-corrected chi connectivity index (χ2v) is 0. The van der Waals surface area contributed by atoms with Gasteiger partial charge in [0.15, 0.2) is 0 Å².